The van der Waals surface area contributed by atoms with Crippen LogP contribution in [-0.2, 0) is 65.4 Å². The summed E-state index contributed by atoms with van der Waals surface area (Å²) < 4.78 is 68.3. The van der Waals surface area contributed by atoms with E-state index in [-0.39, 0.29) is 25.7 Å². The SMILES string of the molecule is CC/C=C\C/C=C\C/C=C\C/C=C\C/C=C\C/C=C\CCC(=O)OCC(COP(=O)(O)OCC(O)COP(=O)(O)OCC(COC(=O)CCCCCCCC/C=C\C/C=C\C/C=C\CCCCC)OC(=O)C/C=C\C/C=C\C/C=C\C/C=C\C/C=C\CC)OC(=O)CCCCCCCCCCCCC. The second kappa shape index (κ2) is 75.6. The number of carbonyl (C=O) groups excluding carboxylic acids is 4. The van der Waals surface area contributed by atoms with Crippen molar-refractivity contribution >= 4 is 39.5 Å². The van der Waals surface area contributed by atoms with E-state index in [4.69, 9.17) is 37.0 Å². The Morgan fingerprint density at radius 3 is 0.933 bits per heavy atom. The molecule has 0 amide bonds. The van der Waals surface area contributed by atoms with Gasteiger partial charge >= 0.3 is 39.5 Å². The summed E-state index contributed by atoms with van der Waals surface area (Å²) >= 11 is 0. The number of allylic oxidation sites excluding steroid dienone is 27. The maximum Gasteiger partial charge on any atom is 0.472 e. The summed E-state index contributed by atoms with van der Waals surface area (Å²) in [5.41, 5.74) is 0. The van der Waals surface area contributed by atoms with Crippen LogP contribution < -0.4 is 0 Å². The summed E-state index contributed by atoms with van der Waals surface area (Å²) in [5, 5.41) is 10.6. The van der Waals surface area contributed by atoms with Gasteiger partial charge in [-0.15, -0.1) is 0 Å². The Hall–Kier alpha value is -5.58. The third-order valence-electron chi connectivity index (χ3n) is 15.7. The zero-order chi connectivity index (χ0) is 76.0. The van der Waals surface area contributed by atoms with Gasteiger partial charge in [0.1, 0.15) is 19.3 Å². The van der Waals surface area contributed by atoms with Crippen molar-refractivity contribution in [2.75, 3.05) is 39.6 Å². The summed E-state index contributed by atoms with van der Waals surface area (Å²) in [6.07, 6.45) is 89.6. The molecular weight excluding hydrogens is 1350 g/mol. The van der Waals surface area contributed by atoms with Crippen molar-refractivity contribution in [3.63, 3.8) is 0 Å². The van der Waals surface area contributed by atoms with Crippen LogP contribution in [0.2, 0.25) is 0 Å². The quantitative estimate of drug-likeness (QED) is 0.0169. The van der Waals surface area contributed by atoms with Gasteiger partial charge < -0.3 is 33.8 Å². The standard InChI is InChI=1S/C85H138O17P2/c1-5-9-13-17-21-25-29-32-35-37-39-41-44-46-50-53-57-61-65-69-82(87)95-75-80(101-84(89)71-67-63-59-55-49-28-24-20-16-12-8-4)77-99-103(91,92)97-73-79(86)74-98-104(93,94)100-78-81(102-85(90)72-68-64-60-56-52-48-43-34-31-27-23-19-15-11-7-3)76-96-83(88)70-66-62-58-54-51-47-45-42-40-38-36-33-30-26-22-18-14-10-6-2/h9,11,13,15,21-23,25-27,32-36,39-43,46,50,52,56-57,61,64,68,79-81,86H,5-8,10,12,14,16-20,24,28-31,37-38,44-45,47-49,51,53-55,58-60,62-63,65-67,69-78H2,1-4H3,(H,91,92)(H,93,94)/b13-9-,15-11-,25-21-,26-22-,27-23-,35-32-,36-33-,41-39-,42-40-,43-34-,50-46-,56-52-,61-57-,68-64-. The van der Waals surface area contributed by atoms with Crippen LogP contribution in [0.25, 0.3) is 0 Å². The van der Waals surface area contributed by atoms with E-state index >= 15 is 0 Å². The van der Waals surface area contributed by atoms with Crippen LogP contribution in [0.3, 0.4) is 0 Å². The molecule has 0 spiro atoms. The molecule has 0 aliphatic rings. The lowest BCUT2D eigenvalue weighted by Gasteiger charge is -2.21. The molecule has 0 saturated carbocycles. The maximum atomic E-state index is 13.1. The minimum absolute atomic E-state index is 0.0302. The van der Waals surface area contributed by atoms with Crippen molar-refractivity contribution in [3.05, 3.63) is 170 Å². The van der Waals surface area contributed by atoms with Gasteiger partial charge in [-0.05, 0) is 128 Å². The van der Waals surface area contributed by atoms with Gasteiger partial charge in [-0.3, -0.25) is 37.3 Å². The molecule has 0 aromatic heterocycles. The van der Waals surface area contributed by atoms with Crippen molar-refractivity contribution in [1.82, 2.24) is 0 Å². The highest BCUT2D eigenvalue weighted by atomic mass is 31.2. The Labute approximate surface area is 629 Å². The van der Waals surface area contributed by atoms with E-state index < -0.39 is 97.5 Å². The van der Waals surface area contributed by atoms with Gasteiger partial charge in [-0.25, -0.2) is 9.13 Å². The van der Waals surface area contributed by atoms with Crippen LogP contribution in [0.1, 0.15) is 285 Å². The lowest BCUT2D eigenvalue weighted by Crippen LogP contribution is -2.30. The van der Waals surface area contributed by atoms with E-state index in [1.807, 2.05) is 30.4 Å². The molecule has 0 aromatic carbocycles. The number of unbranched alkanes of at least 4 members (excludes halogenated alkanes) is 19. The fourth-order valence-electron chi connectivity index (χ4n) is 9.80. The van der Waals surface area contributed by atoms with E-state index in [0.717, 1.165) is 141 Å². The summed E-state index contributed by atoms with van der Waals surface area (Å²) in [5.74, 6) is -2.45. The first-order chi connectivity index (χ1) is 50.7. The third kappa shape index (κ3) is 74.7. The summed E-state index contributed by atoms with van der Waals surface area (Å²) in [6.45, 7) is 4.38. The summed E-state index contributed by atoms with van der Waals surface area (Å²) in [6, 6.07) is 0. The highest BCUT2D eigenvalue weighted by molar-refractivity contribution is 7.47. The largest absolute Gasteiger partial charge is 0.472 e. The molecule has 3 N–H and O–H groups in total. The number of esters is 4. The summed E-state index contributed by atoms with van der Waals surface area (Å²) in [4.78, 5) is 72.8. The fraction of sp³-hybridized carbons (Fsp3) is 0.624. The highest BCUT2D eigenvalue weighted by Crippen LogP contribution is 2.45. The average Bonchev–Trinajstić information content (AvgIpc) is 0.931. The topological polar surface area (TPSA) is 237 Å². The van der Waals surface area contributed by atoms with Gasteiger partial charge in [-0.1, -0.05) is 301 Å². The third-order valence-corrected chi connectivity index (χ3v) is 17.6. The molecule has 0 aromatic rings. The van der Waals surface area contributed by atoms with E-state index in [2.05, 4.69) is 155 Å². The molecule has 0 saturated heterocycles. The molecule has 0 aliphatic heterocycles. The molecule has 17 nitrogen and oxygen atoms in total. The second-order valence-electron chi connectivity index (χ2n) is 25.6. The number of aliphatic hydroxyl groups excluding tert-OH is 1. The van der Waals surface area contributed by atoms with Crippen LogP contribution in [0.15, 0.2) is 170 Å². The van der Waals surface area contributed by atoms with Crippen LogP contribution in [-0.4, -0.2) is 96.7 Å². The number of hydrogen-bond donors (Lipinski definition) is 3. The first kappa shape index (κ1) is 98.4. The highest BCUT2D eigenvalue weighted by Gasteiger charge is 2.30. The number of carbonyl (C=O) groups is 4. The average molecular weight is 1490 g/mol. The molecule has 0 bridgehead atoms. The Balaban J connectivity index is 5.46. The van der Waals surface area contributed by atoms with Crippen LogP contribution in [0, 0.1) is 0 Å². The van der Waals surface area contributed by atoms with E-state index in [0.29, 0.717) is 32.1 Å². The predicted octanol–water partition coefficient (Wildman–Crippen LogP) is 23.0. The molecule has 5 unspecified atom stereocenters. The van der Waals surface area contributed by atoms with Gasteiger partial charge in [0, 0.05) is 19.3 Å². The van der Waals surface area contributed by atoms with Gasteiger partial charge in [0.15, 0.2) is 12.2 Å². The van der Waals surface area contributed by atoms with E-state index in [1.54, 1.807) is 12.2 Å². The molecule has 0 heterocycles. The van der Waals surface area contributed by atoms with Gasteiger partial charge in [0.25, 0.3) is 0 Å². The van der Waals surface area contributed by atoms with Crippen molar-refractivity contribution in [1.29, 1.82) is 0 Å². The van der Waals surface area contributed by atoms with Crippen molar-refractivity contribution in [2.45, 2.75) is 303 Å². The van der Waals surface area contributed by atoms with Gasteiger partial charge in [0.05, 0.1) is 32.8 Å². The van der Waals surface area contributed by atoms with Crippen LogP contribution in [0.5, 0.6) is 0 Å². The molecular formula is C85H138O17P2. The fourth-order valence-corrected chi connectivity index (χ4v) is 11.4. The van der Waals surface area contributed by atoms with Crippen molar-refractivity contribution in [3.8, 4) is 0 Å². The molecule has 0 rings (SSSR count). The Kier molecular flexibility index (Phi) is 71.6. The predicted molar refractivity (Wildman–Crippen MR) is 426 cm³/mol. The first-order valence-electron chi connectivity index (χ1n) is 39.4. The molecule has 590 valence electrons. The van der Waals surface area contributed by atoms with Gasteiger partial charge in [-0.2, -0.15) is 0 Å². The van der Waals surface area contributed by atoms with Gasteiger partial charge in [0.2, 0.25) is 0 Å². The monoisotopic (exact) mass is 1490 g/mol. The summed E-state index contributed by atoms with van der Waals surface area (Å²) in [7, 11) is -10.0. The van der Waals surface area contributed by atoms with Crippen LogP contribution >= 0.6 is 15.6 Å². The lowest BCUT2D eigenvalue weighted by atomic mass is 10.1. The number of rotatable bonds is 72. The first-order valence-corrected chi connectivity index (χ1v) is 42.4. The molecule has 0 aliphatic carbocycles. The Morgan fingerprint density at radius 2 is 0.558 bits per heavy atom. The van der Waals surface area contributed by atoms with E-state index in [9.17, 15) is 43.2 Å². The zero-order valence-electron chi connectivity index (χ0n) is 64.4. The minimum atomic E-state index is -5.01. The smallest absolute Gasteiger partial charge is 0.462 e. The lowest BCUT2D eigenvalue weighted by molar-refractivity contribution is -0.161. The number of phosphoric acid groups is 2. The minimum Gasteiger partial charge on any atom is -0.462 e. The van der Waals surface area contributed by atoms with Crippen molar-refractivity contribution in [2.24, 2.45) is 0 Å². The molecule has 19 heteroatoms. The molecule has 104 heavy (non-hydrogen) atoms. The molecule has 0 fully saturated rings. The number of ether oxygens (including phenoxy) is 4. The zero-order valence-corrected chi connectivity index (χ0v) is 66.2. The molecule has 5 atom stereocenters. The second-order valence-corrected chi connectivity index (χ2v) is 28.5. The number of aliphatic hydroxyl groups is 1. The molecule has 0 radical (unpaired) electrons. The van der Waals surface area contributed by atoms with Crippen LogP contribution in [0.4, 0.5) is 0 Å². The number of hydrogen-bond acceptors (Lipinski definition) is 15. The van der Waals surface area contributed by atoms with E-state index in [1.165, 1.54) is 57.8 Å². The van der Waals surface area contributed by atoms with Crippen molar-refractivity contribution < 1.29 is 80.2 Å². The normalized spacial score (nSPS) is 14.8. The number of phosphoric ester groups is 2. The Morgan fingerprint density at radius 1 is 0.288 bits per heavy atom. The maximum absolute atomic E-state index is 13.1. The Bertz CT molecular complexity index is 2640.